The second kappa shape index (κ2) is 4.58. The summed E-state index contributed by atoms with van der Waals surface area (Å²) in [7, 11) is 0. The summed E-state index contributed by atoms with van der Waals surface area (Å²) >= 11 is 0. The van der Waals surface area contributed by atoms with Crippen LogP contribution in [0.4, 0.5) is 5.82 Å². The Balaban J connectivity index is 1.76. The first-order chi connectivity index (χ1) is 8.36. The van der Waals surface area contributed by atoms with Gasteiger partial charge in [-0.05, 0) is 12.8 Å². The standard InChI is InChI=1S/C12H18N4O/c17-12(9-4-2-1-3-5-9)16-11-10(7-15-16)6-13-8-14-11/h6,8-9,12,15,17H,1-5,7H2. The molecular formula is C12H18N4O. The fraction of sp³-hybridized carbons (Fsp3) is 0.667. The summed E-state index contributed by atoms with van der Waals surface area (Å²) < 4.78 is 0. The zero-order valence-corrected chi connectivity index (χ0v) is 9.84. The molecule has 5 nitrogen and oxygen atoms in total. The summed E-state index contributed by atoms with van der Waals surface area (Å²) in [6.45, 7) is 0.708. The number of aliphatic hydroxyl groups is 1. The molecule has 2 N–H and O–H groups in total. The molecule has 2 heterocycles. The summed E-state index contributed by atoms with van der Waals surface area (Å²) in [4.78, 5) is 8.25. The molecule has 1 fully saturated rings. The molecule has 0 aromatic carbocycles. The zero-order chi connectivity index (χ0) is 11.7. The summed E-state index contributed by atoms with van der Waals surface area (Å²) in [5, 5.41) is 12.2. The Morgan fingerprint density at radius 2 is 2.18 bits per heavy atom. The second-order valence-electron chi connectivity index (χ2n) is 4.89. The number of aliphatic hydroxyl groups excluding tert-OH is 1. The summed E-state index contributed by atoms with van der Waals surface area (Å²) in [6, 6.07) is 0. The first-order valence-corrected chi connectivity index (χ1v) is 6.36. The maximum Gasteiger partial charge on any atom is 0.153 e. The van der Waals surface area contributed by atoms with Gasteiger partial charge in [-0.2, -0.15) is 0 Å². The average molecular weight is 234 g/mol. The highest BCUT2D eigenvalue weighted by Crippen LogP contribution is 2.31. The van der Waals surface area contributed by atoms with E-state index in [1.807, 2.05) is 11.2 Å². The smallest absolute Gasteiger partial charge is 0.153 e. The molecule has 1 saturated carbocycles. The Morgan fingerprint density at radius 1 is 1.35 bits per heavy atom. The fourth-order valence-corrected chi connectivity index (χ4v) is 2.80. The highest BCUT2D eigenvalue weighted by Gasteiger charge is 2.32. The van der Waals surface area contributed by atoms with E-state index < -0.39 is 6.23 Å². The topological polar surface area (TPSA) is 61.3 Å². The second-order valence-corrected chi connectivity index (χ2v) is 4.89. The molecule has 1 atom stereocenters. The number of nitrogens with one attached hydrogen (secondary N) is 1. The number of hydrogen-bond donors (Lipinski definition) is 2. The molecular weight excluding hydrogens is 216 g/mol. The minimum atomic E-state index is -0.466. The minimum Gasteiger partial charge on any atom is -0.372 e. The Morgan fingerprint density at radius 3 is 3.00 bits per heavy atom. The quantitative estimate of drug-likeness (QED) is 0.805. The number of fused-ring (bicyclic) bond motifs is 1. The number of hydrogen-bond acceptors (Lipinski definition) is 5. The van der Waals surface area contributed by atoms with Crippen LogP contribution < -0.4 is 10.4 Å². The molecule has 1 aromatic rings. The van der Waals surface area contributed by atoms with Crippen LogP contribution in [0.25, 0.3) is 0 Å². The maximum absolute atomic E-state index is 10.4. The molecule has 5 heteroatoms. The highest BCUT2D eigenvalue weighted by molar-refractivity contribution is 5.48. The van der Waals surface area contributed by atoms with E-state index in [4.69, 9.17) is 0 Å². The predicted octanol–water partition coefficient (Wildman–Crippen LogP) is 1.20. The molecule has 0 radical (unpaired) electrons. The predicted molar refractivity (Wildman–Crippen MR) is 63.9 cm³/mol. The van der Waals surface area contributed by atoms with Crippen molar-refractivity contribution in [2.45, 2.75) is 44.9 Å². The van der Waals surface area contributed by atoms with Crippen molar-refractivity contribution in [3.63, 3.8) is 0 Å². The number of anilines is 1. The molecule has 2 aliphatic rings. The Labute approximate surface area is 101 Å². The van der Waals surface area contributed by atoms with Crippen molar-refractivity contribution in [1.82, 2.24) is 15.4 Å². The van der Waals surface area contributed by atoms with Crippen molar-refractivity contribution < 1.29 is 5.11 Å². The lowest BCUT2D eigenvalue weighted by Crippen LogP contribution is -2.46. The number of aromatic nitrogens is 2. The molecule has 17 heavy (non-hydrogen) atoms. The van der Waals surface area contributed by atoms with E-state index >= 15 is 0 Å². The van der Waals surface area contributed by atoms with E-state index in [1.165, 1.54) is 25.6 Å². The molecule has 92 valence electrons. The van der Waals surface area contributed by atoms with Gasteiger partial charge >= 0.3 is 0 Å². The molecule has 0 amide bonds. The molecule has 1 unspecified atom stereocenters. The van der Waals surface area contributed by atoms with Crippen molar-refractivity contribution in [2.75, 3.05) is 5.01 Å². The van der Waals surface area contributed by atoms with Gasteiger partial charge in [0.25, 0.3) is 0 Å². The lowest BCUT2D eigenvalue weighted by atomic mass is 9.88. The van der Waals surface area contributed by atoms with Gasteiger partial charge in [0.1, 0.15) is 12.6 Å². The van der Waals surface area contributed by atoms with E-state index in [1.54, 1.807) is 0 Å². The van der Waals surface area contributed by atoms with Crippen LogP contribution in [0.5, 0.6) is 0 Å². The normalized spacial score (nSPS) is 22.5. The largest absolute Gasteiger partial charge is 0.372 e. The van der Waals surface area contributed by atoms with Crippen LogP contribution in [0.3, 0.4) is 0 Å². The third-order valence-corrected chi connectivity index (χ3v) is 3.77. The van der Waals surface area contributed by atoms with Gasteiger partial charge in [0.05, 0.1) is 0 Å². The molecule has 0 bridgehead atoms. The van der Waals surface area contributed by atoms with Gasteiger partial charge in [0, 0.05) is 24.2 Å². The van der Waals surface area contributed by atoms with Gasteiger partial charge in [-0.25, -0.2) is 15.4 Å². The van der Waals surface area contributed by atoms with E-state index in [-0.39, 0.29) is 0 Å². The van der Waals surface area contributed by atoms with Gasteiger partial charge in [-0.3, -0.25) is 5.01 Å². The molecule has 1 aliphatic carbocycles. The monoisotopic (exact) mass is 234 g/mol. The van der Waals surface area contributed by atoms with Crippen molar-refractivity contribution in [1.29, 1.82) is 0 Å². The Bertz CT molecular complexity index is 392. The van der Waals surface area contributed by atoms with E-state index in [0.29, 0.717) is 12.5 Å². The van der Waals surface area contributed by atoms with Crippen LogP contribution in [0.1, 0.15) is 37.7 Å². The van der Waals surface area contributed by atoms with Crippen LogP contribution in [-0.2, 0) is 6.54 Å². The first kappa shape index (κ1) is 10.9. The summed E-state index contributed by atoms with van der Waals surface area (Å²) in [5.41, 5.74) is 4.26. The number of hydrazine groups is 1. The maximum atomic E-state index is 10.4. The molecule has 3 rings (SSSR count). The van der Waals surface area contributed by atoms with E-state index in [0.717, 1.165) is 24.2 Å². The van der Waals surface area contributed by atoms with Crippen LogP contribution in [-0.4, -0.2) is 21.3 Å². The summed E-state index contributed by atoms with van der Waals surface area (Å²) in [6.07, 6.45) is 8.86. The van der Waals surface area contributed by atoms with E-state index in [2.05, 4.69) is 15.4 Å². The zero-order valence-electron chi connectivity index (χ0n) is 9.84. The van der Waals surface area contributed by atoms with Crippen molar-refractivity contribution in [3.8, 4) is 0 Å². The number of nitrogens with zero attached hydrogens (tertiary/aromatic N) is 3. The fourth-order valence-electron chi connectivity index (χ4n) is 2.80. The highest BCUT2D eigenvalue weighted by atomic mass is 16.3. The molecule has 0 spiro atoms. The molecule has 1 aliphatic heterocycles. The third kappa shape index (κ3) is 2.00. The lowest BCUT2D eigenvalue weighted by molar-refractivity contribution is 0.0731. The van der Waals surface area contributed by atoms with Gasteiger partial charge < -0.3 is 5.11 Å². The minimum absolute atomic E-state index is 0.358. The first-order valence-electron chi connectivity index (χ1n) is 6.36. The van der Waals surface area contributed by atoms with Crippen molar-refractivity contribution >= 4 is 5.82 Å². The SMILES string of the molecule is OC(C1CCCCC1)N1NCc2cncnc21. The Kier molecular flexibility index (Phi) is 2.94. The van der Waals surface area contributed by atoms with Gasteiger partial charge in [0.15, 0.2) is 5.82 Å². The van der Waals surface area contributed by atoms with Gasteiger partial charge in [-0.1, -0.05) is 19.3 Å². The molecule has 0 saturated heterocycles. The van der Waals surface area contributed by atoms with Crippen molar-refractivity contribution in [2.24, 2.45) is 5.92 Å². The van der Waals surface area contributed by atoms with Crippen LogP contribution in [0.15, 0.2) is 12.5 Å². The molecule has 1 aromatic heterocycles. The summed E-state index contributed by atoms with van der Waals surface area (Å²) in [5.74, 6) is 1.19. The average Bonchev–Trinajstić information content (AvgIpc) is 2.83. The van der Waals surface area contributed by atoms with Crippen LogP contribution in [0, 0.1) is 5.92 Å². The lowest BCUT2D eigenvalue weighted by Gasteiger charge is -2.33. The van der Waals surface area contributed by atoms with Gasteiger partial charge in [0.2, 0.25) is 0 Å². The van der Waals surface area contributed by atoms with E-state index in [9.17, 15) is 5.11 Å². The van der Waals surface area contributed by atoms with Gasteiger partial charge in [-0.15, -0.1) is 0 Å². The number of rotatable bonds is 2. The van der Waals surface area contributed by atoms with Crippen LogP contribution in [0.2, 0.25) is 0 Å². The van der Waals surface area contributed by atoms with Crippen LogP contribution >= 0.6 is 0 Å². The third-order valence-electron chi connectivity index (χ3n) is 3.77. The Hall–Kier alpha value is -1.20. The van der Waals surface area contributed by atoms with Crippen molar-refractivity contribution in [3.05, 3.63) is 18.1 Å².